The maximum Gasteiger partial charge on any atom is 0.193 e. The van der Waals surface area contributed by atoms with Crippen LogP contribution in [0, 0.1) is 0 Å². The van der Waals surface area contributed by atoms with Crippen molar-refractivity contribution >= 4 is 22.8 Å². The standard InChI is InChI=1S/C25H19NO3/c1-2-22(27)20-15-26-12-11-19-18-10-6-9-17(13-16-7-4-3-5-8-16)24(18)29-25(19)21(26)14-23(20)28/h2-7,9-10,13-15H,1,8,11-12H2/b16-13+. The van der Waals surface area contributed by atoms with Crippen molar-refractivity contribution < 1.29 is 9.21 Å². The number of hydrogen-bond acceptors (Lipinski definition) is 3. The van der Waals surface area contributed by atoms with E-state index in [9.17, 15) is 9.59 Å². The fourth-order valence-electron chi connectivity index (χ4n) is 4.08. The first-order valence-corrected chi connectivity index (χ1v) is 9.65. The number of aromatic nitrogens is 1. The fraction of sp³-hybridized carbons (Fsp3) is 0.120. The van der Waals surface area contributed by atoms with Gasteiger partial charge in [-0.1, -0.05) is 49.1 Å². The second-order valence-corrected chi connectivity index (χ2v) is 7.29. The molecule has 0 amide bonds. The molecule has 2 aliphatic rings. The first kappa shape index (κ1) is 17.4. The molecule has 0 N–H and O–H groups in total. The van der Waals surface area contributed by atoms with E-state index in [-0.39, 0.29) is 16.8 Å². The van der Waals surface area contributed by atoms with Crippen LogP contribution in [0.1, 0.15) is 27.9 Å². The highest BCUT2D eigenvalue weighted by molar-refractivity contribution is 6.04. The van der Waals surface area contributed by atoms with Crippen molar-refractivity contribution in [2.24, 2.45) is 0 Å². The van der Waals surface area contributed by atoms with Crippen LogP contribution in [0.4, 0.5) is 0 Å². The summed E-state index contributed by atoms with van der Waals surface area (Å²) in [7, 11) is 0. The SMILES string of the molecule is C=CC(=O)c1cn2c(cc1=O)-c1oc3c(/C=C4\C=CC=CC4)cccc3c1CC2. The topological polar surface area (TPSA) is 52.2 Å². The largest absolute Gasteiger partial charge is 0.454 e. The third-order valence-corrected chi connectivity index (χ3v) is 5.51. The van der Waals surface area contributed by atoms with Gasteiger partial charge in [0.15, 0.2) is 17.0 Å². The van der Waals surface area contributed by atoms with Crippen molar-refractivity contribution in [2.75, 3.05) is 0 Å². The molecule has 1 aliphatic heterocycles. The molecule has 4 heteroatoms. The molecule has 1 aliphatic carbocycles. The van der Waals surface area contributed by atoms with Crippen LogP contribution in [0.3, 0.4) is 0 Å². The summed E-state index contributed by atoms with van der Waals surface area (Å²) < 4.78 is 8.25. The van der Waals surface area contributed by atoms with E-state index in [2.05, 4.69) is 36.9 Å². The third-order valence-electron chi connectivity index (χ3n) is 5.51. The Morgan fingerprint density at radius 3 is 2.93 bits per heavy atom. The fourth-order valence-corrected chi connectivity index (χ4v) is 4.08. The van der Waals surface area contributed by atoms with Crippen molar-refractivity contribution in [2.45, 2.75) is 19.4 Å². The number of carbonyl (C=O) groups excluding carboxylic acids is 1. The molecular formula is C25H19NO3. The predicted molar refractivity (Wildman–Crippen MR) is 115 cm³/mol. The number of fused-ring (bicyclic) bond motifs is 5. The molecule has 0 saturated heterocycles. The monoisotopic (exact) mass is 381 g/mol. The molecule has 0 radical (unpaired) electrons. The highest BCUT2D eigenvalue weighted by Gasteiger charge is 2.25. The molecule has 0 saturated carbocycles. The summed E-state index contributed by atoms with van der Waals surface area (Å²) >= 11 is 0. The Labute approximate surface area is 167 Å². The first-order chi connectivity index (χ1) is 14.2. The summed E-state index contributed by atoms with van der Waals surface area (Å²) in [4.78, 5) is 24.5. The molecule has 0 bridgehead atoms. The lowest BCUT2D eigenvalue weighted by Crippen LogP contribution is -2.20. The lowest BCUT2D eigenvalue weighted by molar-refractivity contribution is 0.104. The molecule has 2 aromatic heterocycles. The second-order valence-electron chi connectivity index (χ2n) is 7.29. The number of ketones is 1. The van der Waals surface area contributed by atoms with Gasteiger partial charge in [-0.15, -0.1) is 0 Å². The van der Waals surface area contributed by atoms with E-state index in [1.807, 2.05) is 22.8 Å². The van der Waals surface area contributed by atoms with Gasteiger partial charge in [-0.25, -0.2) is 0 Å². The summed E-state index contributed by atoms with van der Waals surface area (Å²) in [6.45, 7) is 4.17. The molecule has 142 valence electrons. The van der Waals surface area contributed by atoms with Gasteiger partial charge in [0.25, 0.3) is 0 Å². The van der Waals surface area contributed by atoms with Crippen LogP contribution >= 0.6 is 0 Å². The zero-order valence-electron chi connectivity index (χ0n) is 15.9. The van der Waals surface area contributed by atoms with Gasteiger partial charge >= 0.3 is 0 Å². The molecule has 5 rings (SSSR count). The zero-order valence-corrected chi connectivity index (χ0v) is 15.9. The van der Waals surface area contributed by atoms with Crippen molar-refractivity contribution in [3.05, 3.63) is 99.9 Å². The molecule has 3 aromatic rings. The van der Waals surface area contributed by atoms with Crippen LogP contribution in [0.25, 0.3) is 28.5 Å². The van der Waals surface area contributed by atoms with E-state index in [1.165, 1.54) is 17.7 Å². The lowest BCUT2D eigenvalue weighted by Gasteiger charge is -2.18. The number of hydrogen-bond donors (Lipinski definition) is 0. The Balaban J connectivity index is 1.69. The van der Waals surface area contributed by atoms with Gasteiger partial charge in [0, 0.05) is 35.3 Å². The lowest BCUT2D eigenvalue weighted by atomic mass is 9.98. The number of rotatable bonds is 3. The van der Waals surface area contributed by atoms with E-state index in [0.717, 1.165) is 34.9 Å². The molecule has 29 heavy (non-hydrogen) atoms. The van der Waals surface area contributed by atoms with E-state index >= 15 is 0 Å². The maximum atomic E-state index is 12.5. The quantitative estimate of drug-likeness (QED) is 0.469. The Morgan fingerprint density at radius 1 is 1.24 bits per heavy atom. The van der Waals surface area contributed by atoms with Crippen LogP contribution in [0.15, 0.2) is 82.2 Å². The highest BCUT2D eigenvalue weighted by Crippen LogP contribution is 2.38. The number of nitrogens with zero attached hydrogens (tertiary/aromatic N) is 1. The minimum Gasteiger partial charge on any atom is -0.454 e. The van der Waals surface area contributed by atoms with Gasteiger partial charge in [0.1, 0.15) is 5.58 Å². The smallest absolute Gasteiger partial charge is 0.193 e. The van der Waals surface area contributed by atoms with E-state index in [4.69, 9.17) is 4.42 Å². The highest BCUT2D eigenvalue weighted by atomic mass is 16.3. The number of para-hydroxylation sites is 1. The van der Waals surface area contributed by atoms with Crippen LogP contribution in [-0.4, -0.2) is 10.4 Å². The van der Waals surface area contributed by atoms with E-state index in [0.29, 0.717) is 18.0 Å². The number of furan rings is 1. The molecule has 0 fully saturated rings. The van der Waals surface area contributed by atoms with Crippen LogP contribution in [0.2, 0.25) is 0 Å². The van der Waals surface area contributed by atoms with Crippen molar-refractivity contribution in [3.63, 3.8) is 0 Å². The van der Waals surface area contributed by atoms with Crippen molar-refractivity contribution in [1.29, 1.82) is 0 Å². The van der Waals surface area contributed by atoms with Crippen LogP contribution in [-0.2, 0) is 13.0 Å². The summed E-state index contributed by atoms with van der Waals surface area (Å²) in [6, 6.07) is 7.67. The van der Waals surface area contributed by atoms with Gasteiger partial charge < -0.3 is 8.98 Å². The molecular weight excluding hydrogens is 362 g/mol. The van der Waals surface area contributed by atoms with Gasteiger partial charge in [-0.2, -0.15) is 0 Å². The second kappa shape index (κ2) is 6.74. The number of carbonyl (C=O) groups is 1. The van der Waals surface area contributed by atoms with Gasteiger partial charge in [-0.3, -0.25) is 9.59 Å². The average molecular weight is 381 g/mol. The van der Waals surface area contributed by atoms with E-state index < -0.39 is 0 Å². The van der Waals surface area contributed by atoms with Crippen molar-refractivity contribution in [3.8, 4) is 11.5 Å². The average Bonchev–Trinajstić information content (AvgIpc) is 3.14. The maximum absolute atomic E-state index is 12.5. The number of aryl methyl sites for hydroxylation is 2. The number of pyridine rings is 1. The van der Waals surface area contributed by atoms with Gasteiger partial charge in [-0.05, 0) is 30.6 Å². The predicted octanol–water partition coefficient (Wildman–Crippen LogP) is 5.09. The van der Waals surface area contributed by atoms with Gasteiger partial charge in [0.2, 0.25) is 0 Å². The zero-order chi connectivity index (χ0) is 20.0. The molecule has 1 aromatic carbocycles. The molecule has 0 atom stereocenters. The summed E-state index contributed by atoms with van der Waals surface area (Å²) in [5.74, 6) is 0.357. The molecule has 4 nitrogen and oxygen atoms in total. The molecule has 0 spiro atoms. The first-order valence-electron chi connectivity index (χ1n) is 9.65. The van der Waals surface area contributed by atoms with Crippen LogP contribution < -0.4 is 5.43 Å². The Morgan fingerprint density at radius 2 is 2.14 bits per heavy atom. The number of benzene rings is 1. The molecule has 0 unspecified atom stereocenters. The Kier molecular flexibility index (Phi) is 4.06. The van der Waals surface area contributed by atoms with Gasteiger partial charge in [0.05, 0.1) is 11.3 Å². The third kappa shape index (κ3) is 2.85. The van der Waals surface area contributed by atoms with E-state index in [1.54, 1.807) is 6.20 Å². The van der Waals surface area contributed by atoms with Crippen LogP contribution in [0.5, 0.6) is 0 Å². The summed E-state index contributed by atoms with van der Waals surface area (Å²) in [6.07, 6.45) is 14.9. The number of allylic oxidation sites excluding steroid dienone is 6. The normalized spacial score (nSPS) is 16.1. The summed E-state index contributed by atoms with van der Waals surface area (Å²) in [5.41, 5.74) is 4.74. The Hall–Kier alpha value is -3.66. The minimum atomic E-state index is -0.357. The minimum absolute atomic E-state index is 0.144. The summed E-state index contributed by atoms with van der Waals surface area (Å²) in [5, 5.41) is 1.08. The Bertz CT molecular complexity index is 1330. The molecule has 3 heterocycles. The van der Waals surface area contributed by atoms with Crippen molar-refractivity contribution in [1.82, 2.24) is 4.57 Å².